The molecule has 1 amide bonds. The van der Waals surface area contributed by atoms with Crippen LogP contribution < -0.4 is 0 Å². The van der Waals surface area contributed by atoms with E-state index in [4.69, 9.17) is 0 Å². The summed E-state index contributed by atoms with van der Waals surface area (Å²) in [4.78, 5) is 27.8. The Morgan fingerprint density at radius 3 is 2.68 bits per heavy atom. The third kappa shape index (κ3) is 5.08. The number of aromatic nitrogens is 5. The summed E-state index contributed by atoms with van der Waals surface area (Å²) in [5, 5.41) is 14.7. The van der Waals surface area contributed by atoms with Crippen molar-refractivity contribution in [1.29, 1.82) is 5.26 Å². The van der Waals surface area contributed by atoms with Crippen LogP contribution in [0.1, 0.15) is 28.4 Å². The van der Waals surface area contributed by atoms with Crippen molar-refractivity contribution in [1.82, 2.24) is 34.5 Å². The first kappa shape index (κ1) is 25.3. The molecule has 4 heterocycles. The molecule has 1 N–H and O–H groups in total. The summed E-state index contributed by atoms with van der Waals surface area (Å²) in [7, 11) is 0. The normalized spacial score (nSPS) is 15.5. The minimum atomic E-state index is -4.68. The van der Waals surface area contributed by atoms with Gasteiger partial charge in [0.2, 0.25) is 0 Å². The SMILES string of the molecule is N#CCC(CN1CCN(C(=O)c2cc(C(F)(F)F)ccc2F)CC1)n1cc(-c2ncnc3[nH]ccc23)cn1. The number of H-pyrrole nitrogens is 1. The molecular weight excluding hydrogens is 504 g/mol. The molecule has 9 nitrogen and oxygen atoms in total. The van der Waals surface area contributed by atoms with Crippen LogP contribution >= 0.6 is 0 Å². The summed E-state index contributed by atoms with van der Waals surface area (Å²) in [5.74, 6) is -1.77. The number of piperazine rings is 1. The van der Waals surface area contributed by atoms with Gasteiger partial charge in [0, 0.05) is 56.1 Å². The van der Waals surface area contributed by atoms with E-state index in [0.717, 1.165) is 10.9 Å². The summed E-state index contributed by atoms with van der Waals surface area (Å²) >= 11 is 0. The van der Waals surface area contributed by atoms with Crippen molar-refractivity contribution < 1.29 is 22.4 Å². The fourth-order valence-electron chi connectivity index (χ4n) is 4.58. The summed E-state index contributed by atoms with van der Waals surface area (Å²) in [6, 6.07) is 5.62. The minimum Gasteiger partial charge on any atom is -0.346 e. The van der Waals surface area contributed by atoms with Gasteiger partial charge in [-0.05, 0) is 24.3 Å². The van der Waals surface area contributed by atoms with Crippen LogP contribution in [0.5, 0.6) is 0 Å². The maximum Gasteiger partial charge on any atom is 0.416 e. The van der Waals surface area contributed by atoms with Crippen molar-refractivity contribution in [2.75, 3.05) is 32.7 Å². The number of nitrogens with one attached hydrogen (secondary N) is 1. The summed E-state index contributed by atoms with van der Waals surface area (Å²) in [6.07, 6.45) is 2.26. The fraction of sp³-hybridized carbons (Fsp3) is 0.320. The molecule has 0 bridgehead atoms. The van der Waals surface area contributed by atoms with E-state index in [2.05, 4.69) is 26.1 Å². The maximum atomic E-state index is 14.2. The van der Waals surface area contributed by atoms with Crippen LogP contribution in [0, 0.1) is 17.1 Å². The summed E-state index contributed by atoms with van der Waals surface area (Å²) in [5.41, 5.74) is 0.526. The largest absolute Gasteiger partial charge is 0.416 e. The highest BCUT2D eigenvalue weighted by Crippen LogP contribution is 2.31. The van der Waals surface area contributed by atoms with Crippen LogP contribution in [0.15, 0.2) is 49.2 Å². The monoisotopic (exact) mass is 526 g/mol. The zero-order chi connectivity index (χ0) is 26.9. The van der Waals surface area contributed by atoms with Gasteiger partial charge in [-0.1, -0.05) is 0 Å². The number of hydrogen-bond acceptors (Lipinski definition) is 6. The molecule has 0 aliphatic carbocycles. The van der Waals surface area contributed by atoms with Gasteiger partial charge < -0.3 is 9.88 Å². The van der Waals surface area contributed by atoms with Crippen molar-refractivity contribution >= 4 is 16.9 Å². The average Bonchev–Trinajstić information content (AvgIpc) is 3.58. The number of amides is 1. The number of benzene rings is 1. The number of alkyl halides is 3. The van der Waals surface area contributed by atoms with E-state index >= 15 is 0 Å². The number of carbonyl (C=O) groups is 1. The van der Waals surface area contributed by atoms with Crippen molar-refractivity contribution in [2.24, 2.45) is 0 Å². The summed E-state index contributed by atoms with van der Waals surface area (Å²) in [6.45, 7) is 1.73. The Labute approximate surface area is 214 Å². The molecule has 38 heavy (non-hydrogen) atoms. The van der Waals surface area contributed by atoms with Crippen LogP contribution in [0.3, 0.4) is 0 Å². The molecule has 1 fully saturated rings. The molecule has 0 radical (unpaired) electrons. The molecule has 5 rings (SSSR count). The molecule has 1 unspecified atom stereocenters. The lowest BCUT2D eigenvalue weighted by atomic mass is 10.1. The van der Waals surface area contributed by atoms with Gasteiger partial charge in [0.05, 0.1) is 41.5 Å². The van der Waals surface area contributed by atoms with Gasteiger partial charge >= 0.3 is 6.18 Å². The minimum absolute atomic E-state index is 0.194. The van der Waals surface area contributed by atoms with Gasteiger partial charge in [-0.2, -0.15) is 23.5 Å². The first-order valence-corrected chi connectivity index (χ1v) is 11.8. The molecule has 1 aliphatic rings. The Morgan fingerprint density at radius 2 is 1.95 bits per heavy atom. The molecule has 1 aromatic carbocycles. The number of aromatic amines is 1. The van der Waals surface area contributed by atoms with Crippen LogP contribution in [0.4, 0.5) is 17.6 Å². The Morgan fingerprint density at radius 1 is 1.16 bits per heavy atom. The smallest absolute Gasteiger partial charge is 0.346 e. The third-order valence-electron chi connectivity index (χ3n) is 6.58. The highest BCUT2D eigenvalue weighted by atomic mass is 19.4. The lowest BCUT2D eigenvalue weighted by molar-refractivity contribution is -0.137. The van der Waals surface area contributed by atoms with Gasteiger partial charge in [-0.25, -0.2) is 14.4 Å². The molecule has 1 atom stereocenters. The zero-order valence-electron chi connectivity index (χ0n) is 20.0. The highest BCUT2D eigenvalue weighted by Gasteiger charge is 2.33. The third-order valence-corrected chi connectivity index (χ3v) is 6.58. The standard InChI is InChI=1S/C25H22F4N8O/c26-21-2-1-17(25(27,28)29)11-20(21)24(38)36-9-7-35(8-10-36)14-18(3-5-30)37-13-16(12-34-37)22-19-4-6-31-23(19)33-15-32-22/h1-2,4,6,11-13,15,18H,3,7-10,14H2,(H,31,32,33). The lowest BCUT2D eigenvalue weighted by Crippen LogP contribution is -2.50. The van der Waals surface area contributed by atoms with Crippen molar-refractivity contribution in [3.63, 3.8) is 0 Å². The van der Waals surface area contributed by atoms with Gasteiger partial charge in [0.15, 0.2) is 0 Å². The number of fused-ring (bicyclic) bond motifs is 1. The Kier molecular flexibility index (Phi) is 6.81. The predicted molar refractivity (Wildman–Crippen MR) is 128 cm³/mol. The Hall–Kier alpha value is -4.31. The molecule has 1 saturated heterocycles. The molecule has 3 aromatic heterocycles. The van der Waals surface area contributed by atoms with Gasteiger partial charge in [0.1, 0.15) is 17.8 Å². The maximum absolute atomic E-state index is 14.2. The second-order valence-corrected chi connectivity index (χ2v) is 8.97. The van der Waals surface area contributed by atoms with Crippen molar-refractivity contribution in [3.8, 4) is 17.3 Å². The number of nitriles is 1. The molecule has 196 valence electrons. The molecule has 1 aliphatic heterocycles. The summed E-state index contributed by atoms with van der Waals surface area (Å²) < 4.78 is 55.0. The average molecular weight is 526 g/mol. The first-order valence-electron chi connectivity index (χ1n) is 11.8. The zero-order valence-corrected chi connectivity index (χ0v) is 20.0. The molecular formula is C25H22F4N8O. The van der Waals surface area contributed by atoms with Crippen molar-refractivity contribution in [2.45, 2.75) is 18.6 Å². The van der Waals surface area contributed by atoms with Crippen LogP contribution in [0.2, 0.25) is 0 Å². The van der Waals surface area contributed by atoms with E-state index in [1.165, 1.54) is 11.2 Å². The predicted octanol–water partition coefficient (Wildman–Crippen LogP) is 3.89. The highest BCUT2D eigenvalue weighted by molar-refractivity contribution is 5.95. The molecule has 0 spiro atoms. The van der Waals surface area contributed by atoms with E-state index in [0.29, 0.717) is 49.2 Å². The molecule has 0 saturated carbocycles. The van der Waals surface area contributed by atoms with Gasteiger partial charge in [-0.15, -0.1) is 0 Å². The Bertz CT molecular complexity index is 1500. The van der Waals surface area contributed by atoms with Crippen molar-refractivity contribution in [3.05, 3.63) is 66.1 Å². The molecule has 4 aromatic rings. The van der Waals surface area contributed by atoms with Gasteiger partial charge in [0.25, 0.3) is 5.91 Å². The van der Waals surface area contributed by atoms with Crippen LogP contribution in [-0.2, 0) is 6.18 Å². The number of halogens is 4. The number of hydrogen-bond donors (Lipinski definition) is 1. The fourth-order valence-corrected chi connectivity index (χ4v) is 4.58. The lowest BCUT2D eigenvalue weighted by Gasteiger charge is -2.36. The quantitative estimate of drug-likeness (QED) is 0.382. The van der Waals surface area contributed by atoms with Gasteiger partial charge in [-0.3, -0.25) is 14.4 Å². The first-order chi connectivity index (χ1) is 18.2. The van der Waals surface area contributed by atoms with E-state index in [1.807, 2.05) is 17.2 Å². The number of rotatable bonds is 6. The van der Waals surface area contributed by atoms with E-state index in [9.17, 15) is 27.6 Å². The number of carbonyl (C=O) groups excluding carboxylic acids is 1. The van der Waals surface area contributed by atoms with E-state index in [1.54, 1.807) is 17.1 Å². The topological polar surface area (TPSA) is 107 Å². The molecule has 13 heteroatoms. The van der Waals surface area contributed by atoms with E-state index in [-0.39, 0.29) is 25.6 Å². The Balaban J connectivity index is 1.25. The number of nitrogens with zero attached hydrogens (tertiary/aromatic N) is 7. The van der Waals surface area contributed by atoms with E-state index < -0.39 is 29.0 Å². The second kappa shape index (κ2) is 10.2. The second-order valence-electron chi connectivity index (χ2n) is 8.97. The van der Waals surface area contributed by atoms with Crippen LogP contribution in [0.25, 0.3) is 22.3 Å². The van der Waals surface area contributed by atoms with Crippen LogP contribution in [-0.4, -0.2) is 73.2 Å².